The van der Waals surface area contributed by atoms with Crippen LogP contribution in [0.5, 0.6) is 5.75 Å². The smallest absolute Gasteiger partial charge is 0.319 e. The zero-order chi connectivity index (χ0) is 22.9. The van der Waals surface area contributed by atoms with E-state index in [1.807, 2.05) is 55.7 Å². The minimum Gasteiger partial charge on any atom is -0.486 e. The first-order valence-electron chi connectivity index (χ1n) is 11.0. The van der Waals surface area contributed by atoms with Gasteiger partial charge in [-0.25, -0.2) is 0 Å². The van der Waals surface area contributed by atoms with Crippen molar-refractivity contribution < 1.29 is 14.3 Å². The average molecular weight is 454 g/mol. The summed E-state index contributed by atoms with van der Waals surface area (Å²) in [5, 5.41) is 9.12. The highest BCUT2D eigenvalue weighted by Gasteiger charge is 2.28. The molecule has 0 amide bonds. The Morgan fingerprint density at radius 3 is 2.34 bits per heavy atom. The molecule has 3 rings (SSSR count). The van der Waals surface area contributed by atoms with Gasteiger partial charge in [0.05, 0.1) is 13.2 Å². The predicted molar refractivity (Wildman–Crippen MR) is 127 cm³/mol. The van der Waals surface area contributed by atoms with E-state index in [-0.39, 0.29) is 23.7 Å². The molecule has 1 heterocycles. The standard InChI is InChI=1S/C25H31N3O3S/c1-5-19-12-14-21(15-13-19)31-17-22-26-27-25(28(22)16-20-10-8-7-9-11-20)32-23(18(3)4)24(29)30-6-2/h7-15,18,23H,5-6,16-17H2,1-4H3. The molecule has 1 aromatic heterocycles. The quantitative estimate of drug-likeness (QED) is 0.296. The van der Waals surface area contributed by atoms with Crippen molar-refractivity contribution >= 4 is 17.7 Å². The number of rotatable bonds is 11. The van der Waals surface area contributed by atoms with Crippen LogP contribution in [0.25, 0.3) is 0 Å². The SMILES string of the molecule is CCOC(=O)C(Sc1nnc(COc2ccc(CC)cc2)n1Cc1ccccc1)C(C)C. The summed E-state index contributed by atoms with van der Waals surface area (Å²) in [7, 11) is 0. The van der Waals surface area contributed by atoms with Gasteiger partial charge in [-0.2, -0.15) is 0 Å². The van der Waals surface area contributed by atoms with Crippen LogP contribution >= 0.6 is 11.8 Å². The number of aryl methyl sites for hydroxylation is 1. The molecule has 0 saturated carbocycles. The Morgan fingerprint density at radius 2 is 1.72 bits per heavy atom. The fraction of sp³-hybridized carbons (Fsp3) is 0.400. The third kappa shape index (κ3) is 6.36. The molecule has 0 saturated heterocycles. The van der Waals surface area contributed by atoms with Crippen LogP contribution < -0.4 is 4.74 Å². The van der Waals surface area contributed by atoms with Crippen molar-refractivity contribution in [2.24, 2.45) is 5.92 Å². The summed E-state index contributed by atoms with van der Waals surface area (Å²) < 4.78 is 13.3. The number of ether oxygens (including phenoxy) is 2. The molecule has 0 fully saturated rings. The lowest BCUT2D eigenvalue weighted by Crippen LogP contribution is -2.26. The molecule has 0 aliphatic heterocycles. The summed E-state index contributed by atoms with van der Waals surface area (Å²) in [6, 6.07) is 18.2. The Labute approximate surface area is 194 Å². The molecule has 7 heteroatoms. The fourth-order valence-electron chi connectivity index (χ4n) is 3.20. The number of hydrogen-bond donors (Lipinski definition) is 0. The highest BCUT2D eigenvalue weighted by Crippen LogP contribution is 2.29. The first-order valence-corrected chi connectivity index (χ1v) is 11.9. The number of carbonyl (C=O) groups is 1. The topological polar surface area (TPSA) is 66.2 Å². The molecule has 170 valence electrons. The highest BCUT2D eigenvalue weighted by atomic mass is 32.2. The number of esters is 1. The first kappa shape index (κ1) is 23.9. The summed E-state index contributed by atoms with van der Waals surface area (Å²) in [6.45, 7) is 9.21. The van der Waals surface area contributed by atoms with Crippen molar-refractivity contribution in [3.05, 3.63) is 71.5 Å². The Balaban J connectivity index is 1.84. The molecule has 0 aliphatic carbocycles. The molecule has 1 atom stereocenters. The lowest BCUT2D eigenvalue weighted by molar-refractivity contribution is -0.143. The van der Waals surface area contributed by atoms with Crippen molar-refractivity contribution in [2.45, 2.75) is 57.7 Å². The van der Waals surface area contributed by atoms with E-state index in [1.54, 1.807) is 0 Å². The van der Waals surface area contributed by atoms with Gasteiger partial charge in [0, 0.05) is 0 Å². The van der Waals surface area contributed by atoms with E-state index in [2.05, 4.69) is 41.4 Å². The lowest BCUT2D eigenvalue weighted by atomic mass is 10.1. The minimum atomic E-state index is -0.357. The molecule has 32 heavy (non-hydrogen) atoms. The number of aromatic nitrogens is 3. The van der Waals surface area contributed by atoms with Crippen LogP contribution in [-0.4, -0.2) is 32.6 Å². The van der Waals surface area contributed by atoms with Crippen LogP contribution in [0.1, 0.15) is 44.6 Å². The van der Waals surface area contributed by atoms with E-state index in [0.717, 1.165) is 17.7 Å². The van der Waals surface area contributed by atoms with Gasteiger partial charge in [-0.1, -0.05) is 75.0 Å². The Kier molecular flexibility index (Phi) is 8.73. The van der Waals surface area contributed by atoms with Gasteiger partial charge in [-0.3, -0.25) is 9.36 Å². The lowest BCUT2D eigenvalue weighted by Gasteiger charge is -2.19. The van der Waals surface area contributed by atoms with Crippen molar-refractivity contribution in [3.8, 4) is 5.75 Å². The second kappa shape index (κ2) is 11.7. The monoisotopic (exact) mass is 453 g/mol. The largest absolute Gasteiger partial charge is 0.486 e. The third-order valence-corrected chi connectivity index (χ3v) is 6.54. The Hall–Kier alpha value is -2.80. The minimum absolute atomic E-state index is 0.0951. The molecular formula is C25H31N3O3S. The van der Waals surface area contributed by atoms with E-state index < -0.39 is 0 Å². The van der Waals surface area contributed by atoms with E-state index in [4.69, 9.17) is 9.47 Å². The second-order valence-electron chi connectivity index (χ2n) is 7.79. The van der Waals surface area contributed by atoms with Crippen LogP contribution in [0, 0.1) is 5.92 Å². The van der Waals surface area contributed by atoms with Crippen LogP contribution in [0.2, 0.25) is 0 Å². The van der Waals surface area contributed by atoms with Gasteiger partial charge in [-0.05, 0) is 42.5 Å². The van der Waals surface area contributed by atoms with E-state index in [0.29, 0.717) is 24.1 Å². The maximum atomic E-state index is 12.5. The van der Waals surface area contributed by atoms with Crippen LogP contribution in [-0.2, 0) is 29.1 Å². The molecule has 0 aliphatic rings. The molecule has 0 bridgehead atoms. The maximum Gasteiger partial charge on any atom is 0.319 e. The molecule has 1 unspecified atom stereocenters. The average Bonchev–Trinajstić information content (AvgIpc) is 3.18. The molecule has 3 aromatic rings. The van der Waals surface area contributed by atoms with Crippen molar-refractivity contribution in [1.29, 1.82) is 0 Å². The van der Waals surface area contributed by atoms with Gasteiger partial charge in [0.1, 0.15) is 17.6 Å². The van der Waals surface area contributed by atoms with Gasteiger partial charge in [0.15, 0.2) is 11.0 Å². The second-order valence-corrected chi connectivity index (χ2v) is 8.90. The number of hydrogen-bond acceptors (Lipinski definition) is 6. The summed E-state index contributed by atoms with van der Waals surface area (Å²) >= 11 is 1.40. The van der Waals surface area contributed by atoms with Gasteiger partial charge >= 0.3 is 5.97 Å². The normalized spacial score (nSPS) is 12.0. The third-order valence-electron chi connectivity index (χ3n) is 5.03. The van der Waals surface area contributed by atoms with Gasteiger partial charge in [0.2, 0.25) is 0 Å². The fourth-order valence-corrected chi connectivity index (χ4v) is 4.25. The number of benzene rings is 2. The summed E-state index contributed by atoms with van der Waals surface area (Å²) in [5.74, 6) is 1.37. The summed E-state index contributed by atoms with van der Waals surface area (Å²) in [5.41, 5.74) is 2.39. The van der Waals surface area contributed by atoms with Crippen LogP contribution in [0.15, 0.2) is 59.8 Å². The van der Waals surface area contributed by atoms with Gasteiger partial charge < -0.3 is 9.47 Å². The number of thioether (sulfide) groups is 1. The molecule has 0 spiro atoms. The van der Waals surface area contributed by atoms with Crippen molar-refractivity contribution in [2.75, 3.05) is 6.61 Å². The summed E-state index contributed by atoms with van der Waals surface area (Å²) in [4.78, 5) is 12.5. The zero-order valence-electron chi connectivity index (χ0n) is 19.2. The van der Waals surface area contributed by atoms with Gasteiger partial charge in [-0.15, -0.1) is 10.2 Å². The zero-order valence-corrected chi connectivity index (χ0v) is 20.0. The highest BCUT2D eigenvalue weighted by molar-refractivity contribution is 8.00. The van der Waals surface area contributed by atoms with E-state index >= 15 is 0 Å². The Bertz CT molecular complexity index is 987. The maximum absolute atomic E-state index is 12.5. The number of nitrogens with zero attached hydrogens (tertiary/aromatic N) is 3. The van der Waals surface area contributed by atoms with E-state index in [1.165, 1.54) is 17.3 Å². The van der Waals surface area contributed by atoms with Crippen molar-refractivity contribution in [3.63, 3.8) is 0 Å². The molecule has 0 radical (unpaired) electrons. The number of carbonyl (C=O) groups excluding carboxylic acids is 1. The molecular weight excluding hydrogens is 422 g/mol. The molecule has 0 N–H and O–H groups in total. The Morgan fingerprint density at radius 1 is 1.00 bits per heavy atom. The molecule has 2 aromatic carbocycles. The van der Waals surface area contributed by atoms with Crippen molar-refractivity contribution in [1.82, 2.24) is 14.8 Å². The summed E-state index contributed by atoms with van der Waals surface area (Å²) in [6.07, 6.45) is 0.990. The molecule has 6 nitrogen and oxygen atoms in total. The van der Waals surface area contributed by atoms with Crippen LogP contribution in [0.4, 0.5) is 0 Å². The first-order chi connectivity index (χ1) is 15.5. The van der Waals surface area contributed by atoms with Crippen LogP contribution in [0.3, 0.4) is 0 Å². The van der Waals surface area contributed by atoms with Gasteiger partial charge in [0.25, 0.3) is 0 Å². The van der Waals surface area contributed by atoms with E-state index in [9.17, 15) is 4.79 Å². The predicted octanol–water partition coefficient (Wildman–Crippen LogP) is 5.15.